The third-order valence-corrected chi connectivity index (χ3v) is 5.72. The molecule has 0 saturated carbocycles. The summed E-state index contributed by atoms with van der Waals surface area (Å²) in [7, 11) is 0. The summed E-state index contributed by atoms with van der Waals surface area (Å²) in [4.78, 5) is 4.62. The molecule has 2 heterocycles. The zero-order chi connectivity index (χ0) is 7.97. The van der Waals surface area contributed by atoms with E-state index < -0.39 is 0 Å². The Morgan fingerprint density at radius 2 is 1.33 bits per heavy atom. The van der Waals surface area contributed by atoms with Gasteiger partial charge in [-0.2, -0.15) is 0 Å². The van der Waals surface area contributed by atoms with Crippen LogP contribution < -0.4 is 0 Å². The Morgan fingerprint density at radius 1 is 0.750 bits per heavy atom. The van der Waals surface area contributed by atoms with Gasteiger partial charge in [0.2, 0.25) is 0 Å². The summed E-state index contributed by atoms with van der Waals surface area (Å²) in [5.74, 6) is 0. The average molecular weight is 284 g/mol. The molecule has 0 radical (unpaired) electrons. The normalized spacial score (nSPS) is 11.3. The molecule has 0 fully saturated rings. The Morgan fingerprint density at radius 3 is 1.92 bits per heavy atom. The second kappa shape index (κ2) is 2.61. The third kappa shape index (κ3) is 0.967. The van der Waals surface area contributed by atoms with Gasteiger partial charge in [-0.1, -0.05) is 0 Å². The van der Waals surface area contributed by atoms with Gasteiger partial charge in [-0.15, -0.1) is 0 Å². The molecule has 0 aliphatic heterocycles. The van der Waals surface area contributed by atoms with E-state index in [1.165, 1.54) is 10.8 Å². The van der Waals surface area contributed by atoms with Gasteiger partial charge in [-0.25, -0.2) is 0 Å². The molecule has 1 aromatic carbocycles. The molecule has 0 aliphatic rings. The molecule has 0 unspecified atom stereocenters. The van der Waals surface area contributed by atoms with E-state index in [0.717, 1.165) is 0 Å². The summed E-state index contributed by atoms with van der Waals surface area (Å²) in [6, 6.07) is 9.26. The van der Waals surface area contributed by atoms with Crippen LogP contribution in [0.2, 0.25) is 0 Å². The SMILES string of the molecule is c1cc2cc3cc[se]c3cc2[se]1. The Bertz CT molecular complexity index is 440. The maximum absolute atomic E-state index is 2.41. The summed E-state index contributed by atoms with van der Waals surface area (Å²) in [5, 5.41) is 2.91. The summed E-state index contributed by atoms with van der Waals surface area (Å²) < 4.78 is 3.15. The number of benzene rings is 1. The summed E-state index contributed by atoms with van der Waals surface area (Å²) >= 11 is 1.23. The predicted molar refractivity (Wildman–Crippen MR) is 55.3 cm³/mol. The van der Waals surface area contributed by atoms with Gasteiger partial charge in [0.1, 0.15) is 0 Å². The van der Waals surface area contributed by atoms with Crippen LogP contribution in [0.1, 0.15) is 0 Å². The predicted octanol–water partition coefficient (Wildman–Crippen LogP) is 2.11. The molecular formula is C10H6Se2. The minimum absolute atomic E-state index is 0.614. The van der Waals surface area contributed by atoms with Crippen LogP contribution in [0.4, 0.5) is 0 Å². The number of hydrogen-bond acceptors (Lipinski definition) is 0. The Hall–Kier alpha value is -0.261. The van der Waals surface area contributed by atoms with E-state index in [1.807, 2.05) is 0 Å². The van der Waals surface area contributed by atoms with E-state index in [4.69, 9.17) is 0 Å². The van der Waals surface area contributed by atoms with Crippen molar-refractivity contribution >= 4 is 48.3 Å². The van der Waals surface area contributed by atoms with E-state index in [1.54, 1.807) is 8.52 Å². The van der Waals surface area contributed by atoms with Gasteiger partial charge in [0.15, 0.2) is 0 Å². The van der Waals surface area contributed by atoms with Gasteiger partial charge in [-0.05, 0) is 0 Å². The van der Waals surface area contributed by atoms with E-state index >= 15 is 0 Å². The minimum atomic E-state index is 0.614. The first kappa shape index (κ1) is 7.17. The topological polar surface area (TPSA) is 0 Å². The van der Waals surface area contributed by atoms with Crippen LogP contribution in [0.3, 0.4) is 0 Å². The van der Waals surface area contributed by atoms with E-state index in [2.05, 4.69) is 34.1 Å². The fourth-order valence-electron chi connectivity index (χ4n) is 1.42. The van der Waals surface area contributed by atoms with Crippen molar-refractivity contribution in [3.05, 3.63) is 34.1 Å². The second-order valence-electron chi connectivity index (χ2n) is 2.77. The van der Waals surface area contributed by atoms with Crippen LogP contribution in [0, 0.1) is 0 Å². The van der Waals surface area contributed by atoms with Crippen molar-refractivity contribution in [2.75, 3.05) is 0 Å². The molecule has 0 atom stereocenters. The Balaban J connectivity index is 2.62. The molecule has 2 aromatic heterocycles. The standard InChI is InChI=1S/C10H6Se2/c1-3-11-9-6-10-8(2-4-12-10)5-7(1)9/h1-6H. The van der Waals surface area contributed by atoms with Gasteiger partial charge >= 0.3 is 82.4 Å². The first-order valence-electron chi connectivity index (χ1n) is 3.78. The molecule has 0 amide bonds. The van der Waals surface area contributed by atoms with Crippen molar-refractivity contribution < 1.29 is 0 Å². The van der Waals surface area contributed by atoms with Gasteiger partial charge in [0, 0.05) is 0 Å². The summed E-state index contributed by atoms with van der Waals surface area (Å²) in [6.07, 6.45) is 0. The second-order valence-corrected chi connectivity index (χ2v) is 6.75. The van der Waals surface area contributed by atoms with E-state index in [0.29, 0.717) is 29.0 Å². The summed E-state index contributed by atoms with van der Waals surface area (Å²) in [5.41, 5.74) is 0. The van der Waals surface area contributed by atoms with Gasteiger partial charge in [0.05, 0.1) is 0 Å². The van der Waals surface area contributed by atoms with Crippen LogP contribution in [0.25, 0.3) is 19.3 Å². The van der Waals surface area contributed by atoms with E-state index in [-0.39, 0.29) is 0 Å². The van der Waals surface area contributed by atoms with Crippen LogP contribution in [-0.4, -0.2) is 29.0 Å². The van der Waals surface area contributed by atoms with Crippen LogP contribution in [0.15, 0.2) is 34.1 Å². The van der Waals surface area contributed by atoms with E-state index in [9.17, 15) is 0 Å². The number of rotatable bonds is 0. The molecule has 58 valence electrons. The van der Waals surface area contributed by atoms with Gasteiger partial charge in [-0.3, -0.25) is 0 Å². The van der Waals surface area contributed by atoms with Crippen molar-refractivity contribution in [2.24, 2.45) is 0 Å². The number of hydrogen-bond donors (Lipinski definition) is 0. The third-order valence-electron chi connectivity index (χ3n) is 2.03. The average Bonchev–Trinajstić information content (AvgIpc) is 2.64. The molecule has 12 heavy (non-hydrogen) atoms. The van der Waals surface area contributed by atoms with Crippen LogP contribution >= 0.6 is 0 Å². The molecule has 0 N–H and O–H groups in total. The molecule has 3 aromatic rings. The molecule has 0 nitrogen and oxygen atoms in total. The van der Waals surface area contributed by atoms with Crippen LogP contribution in [0.5, 0.6) is 0 Å². The molecule has 2 heteroatoms. The van der Waals surface area contributed by atoms with Crippen molar-refractivity contribution in [3.8, 4) is 0 Å². The molecule has 3 rings (SSSR count). The Kier molecular flexibility index (Phi) is 1.56. The zero-order valence-corrected chi connectivity index (χ0v) is 9.71. The molecule has 0 aliphatic carbocycles. The van der Waals surface area contributed by atoms with Crippen LogP contribution in [-0.2, 0) is 0 Å². The molecule has 0 bridgehead atoms. The van der Waals surface area contributed by atoms with Crippen molar-refractivity contribution in [3.63, 3.8) is 0 Å². The quantitative estimate of drug-likeness (QED) is 0.555. The summed E-state index contributed by atoms with van der Waals surface area (Å²) in [6.45, 7) is 0. The molecule has 0 spiro atoms. The van der Waals surface area contributed by atoms with Crippen molar-refractivity contribution in [1.82, 2.24) is 0 Å². The van der Waals surface area contributed by atoms with Crippen molar-refractivity contribution in [2.45, 2.75) is 0 Å². The fourth-order valence-corrected chi connectivity index (χ4v) is 5.20. The first-order valence-corrected chi connectivity index (χ1v) is 7.47. The molecule has 0 saturated heterocycles. The zero-order valence-electron chi connectivity index (χ0n) is 6.28. The fraction of sp³-hybridized carbons (Fsp3) is 0. The monoisotopic (exact) mass is 286 g/mol. The van der Waals surface area contributed by atoms with Gasteiger partial charge in [0.25, 0.3) is 0 Å². The Labute approximate surface area is 82.3 Å². The number of fused-ring (bicyclic) bond motifs is 2. The first-order chi connectivity index (χ1) is 5.93. The van der Waals surface area contributed by atoms with Gasteiger partial charge < -0.3 is 0 Å². The maximum atomic E-state index is 2.41. The van der Waals surface area contributed by atoms with Crippen molar-refractivity contribution in [1.29, 1.82) is 0 Å². The molecular weight excluding hydrogens is 278 g/mol.